The number of aryl methyl sites for hydroxylation is 1. The van der Waals surface area contributed by atoms with Crippen LogP contribution < -0.4 is 10.1 Å². The van der Waals surface area contributed by atoms with E-state index in [1.54, 1.807) is 7.11 Å². The van der Waals surface area contributed by atoms with Gasteiger partial charge in [-0.3, -0.25) is 4.79 Å². The van der Waals surface area contributed by atoms with E-state index in [2.05, 4.69) is 22.9 Å². The molecule has 1 amide bonds. The van der Waals surface area contributed by atoms with E-state index in [-0.39, 0.29) is 11.2 Å². The van der Waals surface area contributed by atoms with Crippen molar-refractivity contribution in [3.8, 4) is 5.75 Å². The maximum absolute atomic E-state index is 12.8. The quantitative estimate of drug-likeness (QED) is 0.341. The van der Waals surface area contributed by atoms with E-state index in [1.807, 2.05) is 49.4 Å². The number of benzene rings is 2. The molecule has 0 unspecified atom stereocenters. The molecule has 0 aliphatic heterocycles. The van der Waals surface area contributed by atoms with Crippen molar-refractivity contribution in [2.45, 2.75) is 56.5 Å². The summed E-state index contributed by atoms with van der Waals surface area (Å²) in [6.07, 6.45) is 4.78. The van der Waals surface area contributed by atoms with Gasteiger partial charge in [0.15, 0.2) is 5.16 Å². The molecule has 1 heterocycles. The van der Waals surface area contributed by atoms with Crippen LogP contribution in [0.15, 0.2) is 53.7 Å². The third-order valence-electron chi connectivity index (χ3n) is 4.87. The van der Waals surface area contributed by atoms with Crippen molar-refractivity contribution >= 4 is 34.4 Å². The first kappa shape index (κ1) is 21.2. The molecule has 0 aliphatic rings. The van der Waals surface area contributed by atoms with Crippen LogP contribution in [0.25, 0.3) is 11.0 Å². The van der Waals surface area contributed by atoms with E-state index in [0.717, 1.165) is 29.2 Å². The number of aromatic nitrogens is 2. The highest BCUT2D eigenvalue weighted by Gasteiger charge is 2.20. The summed E-state index contributed by atoms with van der Waals surface area (Å²) in [6, 6.07) is 15.6. The van der Waals surface area contributed by atoms with Gasteiger partial charge in [0.05, 0.1) is 29.1 Å². The van der Waals surface area contributed by atoms with E-state index in [9.17, 15) is 4.79 Å². The fraction of sp³-hybridized carbons (Fsp3) is 0.391. The van der Waals surface area contributed by atoms with Crippen molar-refractivity contribution in [2.75, 3.05) is 12.4 Å². The van der Waals surface area contributed by atoms with Crippen molar-refractivity contribution in [3.63, 3.8) is 0 Å². The van der Waals surface area contributed by atoms with Crippen molar-refractivity contribution in [2.24, 2.45) is 0 Å². The minimum atomic E-state index is -0.286. The van der Waals surface area contributed by atoms with Crippen LogP contribution >= 0.6 is 11.8 Å². The van der Waals surface area contributed by atoms with Crippen LogP contribution in [-0.2, 0) is 11.3 Å². The average Bonchev–Trinajstić information content (AvgIpc) is 3.08. The predicted molar refractivity (Wildman–Crippen MR) is 121 cm³/mol. The van der Waals surface area contributed by atoms with E-state index in [0.29, 0.717) is 11.4 Å². The number of methoxy groups -OCH3 is 1. The smallest absolute Gasteiger partial charge is 0.237 e. The summed E-state index contributed by atoms with van der Waals surface area (Å²) in [6.45, 7) is 5.05. The highest BCUT2D eigenvalue weighted by molar-refractivity contribution is 8.00. The Hall–Kier alpha value is -2.47. The second-order valence-corrected chi connectivity index (χ2v) is 8.35. The standard InChI is InChI=1S/C23H29N3O2S/c1-4-5-6-11-16-26-20-14-9-7-12-18(20)25-23(26)29-17(2)22(27)24-19-13-8-10-15-21(19)28-3/h7-10,12-15,17H,4-6,11,16H2,1-3H3,(H,24,27)/t17-/m1/s1. The Kier molecular flexibility index (Phi) is 7.58. The van der Waals surface area contributed by atoms with Gasteiger partial charge in [-0.2, -0.15) is 0 Å². The largest absolute Gasteiger partial charge is 0.495 e. The molecule has 2 aromatic carbocycles. The summed E-state index contributed by atoms with van der Waals surface area (Å²) >= 11 is 1.50. The number of rotatable bonds is 10. The fourth-order valence-electron chi connectivity index (χ4n) is 3.25. The Bertz CT molecular complexity index is 954. The van der Waals surface area contributed by atoms with Gasteiger partial charge in [0.2, 0.25) is 5.91 Å². The van der Waals surface area contributed by atoms with Gasteiger partial charge in [0.25, 0.3) is 0 Å². The lowest BCUT2D eigenvalue weighted by molar-refractivity contribution is -0.115. The number of unbranched alkanes of at least 4 members (excludes halogenated alkanes) is 3. The van der Waals surface area contributed by atoms with Gasteiger partial charge in [0, 0.05) is 6.54 Å². The van der Waals surface area contributed by atoms with Gasteiger partial charge >= 0.3 is 0 Å². The van der Waals surface area contributed by atoms with Crippen LogP contribution in [0.5, 0.6) is 5.75 Å². The second-order valence-electron chi connectivity index (χ2n) is 7.05. The zero-order valence-corrected chi connectivity index (χ0v) is 18.2. The van der Waals surface area contributed by atoms with E-state index >= 15 is 0 Å². The summed E-state index contributed by atoms with van der Waals surface area (Å²) in [7, 11) is 1.60. The molecule has 0 saturated carbocycles. The lowest BCUT2D eigenvalue weighted by Gasteiger charge is -2.15. The molecule has 0 aliphatic carbocycles. The van der Waals surface area contributed by atoms with E-state index in [4.69, 9.17) is 9.72 Å². The van der Waals surface area contributed by atoms with Crippen LogP contribution in [0.1, 0.15) is 39.5 Å². The minimum absolute atomic E-state index is 0.0657. The molecular weight excluding hydrogens is 382 g/mol. The first-order valence-corrected chi connectivity index (χ1v) is 11.1. The predicted octanol–water partition coefficient (Wildman–Crippen LogP) is 5.74. The number of anilines is 1. The summed E-state index contributed by atoms with van der Waals surface area (Å²) in [5, 5.41) is 3.58. The molecule has 154 valence electrons. The number of nitrogens with one attached hydrogen (secondary N) is 1. The molecule has 1 atom stereocenters. The molecule has 3 aromatic rings. The van der Waals surface area contributed by atoms with Crippen LogP contribution in [0.4, 0.5) is 5.69 Å². The van der Waals surface area contributed by atoms with Crippen LogP contribution in [-0.4, -0.2) is 27.8 Å². The highest BCUT2D eigenvalue weighted by atomic mass is 32.2. The Morgan fingerprint density at radius 3 is 2.69 bits per heavy atom. The molecule has 1 aromatic heterocycles. The Labute approximate surface area is 176 Å². The topological polar surface area (TPSA) is 56.2 Å². The number of carbonyl (C=O) groups is 1. The second kappa shape index (κ2) is 10.3. The van der Waals surface area contributed by atoms with Gasteiger partial charge in [0.1, 0.15) is 5.75 Å². The molecule has 1 N–H and O–H groups in total. The zero-order valence-electron chi connectivity index (χ0n) is 17.4. The Morgan fingerprint density at radius 1 is 1.14 bits per heavy atom. The molecule has 3 rings (SSSR count). The number of para-hydroxylation sites is 4. The molecule has 6 heteroatoms. The van der Waals surface area contributed by atoms with Crippen molar-refractivity contribution in [3.05, 3.63) is 48.5 Å². The van der Waals surface area contributed by atoms with Crippen LogP contribution in [0.2, 0.25) is 0 Å². The molecular formula is C23H29N3O2S. The van der Waals surface area contributed by atoms with Gasteiger partial charge in [-0.05, 0) is 37.6 Å². The monoisotopic (exact) mass is 411 g/mol. The number of fused-ring (bicyclic) bond motifs is 1. The number of amides is 1. The molecule has 0 bridgehead atoms. The van der Waals surface area contributed by atoms with Crippen LogP contribution in [0.3, 0.4) is 0 Å². The summed E-state index contributed by atoms with van der Waals surface area (Å²) in [5.41, 5.74) is 2.78. The Morgan fingerprint density at radius 2 is 1.90 bits per heavy atom. The summed E-state index contributed by atoms with van der Waals surface area (Å²) in [4.78, 5) is 17.6. The lowest BCUT2D eigenvalue weighted by atomic mass is 10.2. The SMILES string of the molecule is CCCCCCn1c(S[C@H](C)C(=O)Nc2ccccc2OC)nc2ccccc21. The zero-order chi connectivity index (χ0) is 20.6. The minimum Gasteiger partial charge on any atom is -0.495 e. The third-order valence-corrected chi connectivity index (χ3v) is 5.96. The van der Waals surface area contributed by atoms with Crippen molar-refractivity contribution in [1.82, 2.24) is 9.55 Å². The normalized spacial score (nSPS) is 12.1. The number of hydrogen-bond donors (Lipinski definition) is 1. The lowest BCUT2D eigenvalue weighted by Crippen LogP contribution is -2.23. The number of ether oxygens (including phenoxy) is 1. The Balaban J connectivity index is 1.74. The van der Waals surface area contributed by atoms with Gasteiger partial charge in [-0.1, -0.05) is 62.2 Å². The maximum atomic E-state index is 12.8. The van der Waals surface area contributed by atoms with Crippen molar-refractivity contribution < 1.29 is 9.53 Å². The first-order valence-electron chi connectivity index (χ1n) is 10.2. The van der Waals surface area contributed by atoms with E-state index in [1.165, 1.54) is 31.0 Å². The van der Waals surface area contributed by atoms with Crippen LogP contribution in [0, 0.1) is 0 Å². The van der Waals surface area contributed by atoms with Gasteiger partial charge in [-0.15, -0.1) is 0 Å². The number of imidazole rings is 1. The number of hydrogen-bond acceptors (Lipinski definition) is 4. The fourth-order valence-corrected chi connectivity index (χ4v) is 4.20. The third kappa shape index (κ3) is 5.32. The maximum Gasteiger partial charge on any atom is 0.237 e. The molecule has 0 spiro atoms. The number of thioether (sulfide) groups is 1. The highest BCUT2D eigenvalue weighted by Crippen LogP contribution is 2.30. The molecule has 29 heavy (non-hydrogen) atoms. The van der Waals surface area contributed by atoms with Gasteiger partial charge in [-0.25, -0.2) is 4.98 Å². The molecule has 0 saturated heterocycles. The van der Waals surface area contributed by atoms with Gasteiger partial charge < -0.3 is 14.6 Å². The summed E-state index contributed by atoms with van der Waals surface area (Å²) in [5.74, 6) is 0.588. The van der Waals surface area contributed by atoms with Crippen molar-refractivity contribution in [1.29, 1.82) is 0 Å². The number of carbonyl (C=O) groups excluding carboxylic acids is 1. The first-order chi connectivity index (χ1) is 14.1. The average molecular weight is 412 g/mol. The molecule has 5 nitrogen and oxygen atoms in total. The molecule has 0 fully saturated rings. The summed E-state index contributed by atoms with van der Waals surface area (Å²) < 4.78 is 7.58. The number of nitrogens with zero attached hydrogens (tertiary/aromatic N) is 2. The molecule has 0 radical (unpaired) electrons. The van der Waals surface area contributed by atoms with E-state index < -0.39 is 0 Å².